The van der Waals surface area contributed by atoms with E-state index in [1.54, 1.807) is 6.92 Å². The monoisotopic (exact) mass is 138 g/mol. The van der Waals surface area contributed by atoms with Crippen LogP contribution in [0.15, 0.2) is 12.2 Å². The van der Waals surface area contributed by atoms with Gasteiger partial charge in [-0.15, -0.1) is 0 Å². The number of hydrogen-bond acceptors (Lipinski definition) is 1. The van der Waals surface area contributed by atoms with Crippen LogP contribution in [0, 0.1) is 5.92 Å². The smallest absolute Gasteiger partial charge is 0.130 e. The number of rotatable bonds is 2. The Bertz CT molecular complexity index is 147. The van der Waals surface area contributed by atoms with Gasteiger partial charge in [-0.2, -0.15) is 0 Å². The van der Waals surface area contributed by atoms with Crippen molar-refractivity contribution in [2.24, 2.45) is 5.92 Å². The van der Waals surface area contributed by atoms with E-state index >= 15 is 0 Å². The van der Waals surface area contributed by atoms with Crippen LogP contribution in [0.25, 0.3) is 0 Å². The average molecular weight is 138 g/mol. The standard InChI is InChI=1S/C9H14O/c1-8(10)7-9-5-3-2-4-6-9/h2-3,9H,4-7H2,1H3. The van der Waals surface area contributed by atoms with Crippen LogP contribution in [0.5, 0.6) is 0 Å². The molecule has 0 aromatic heterocycles. The van der Waals surface area contributed by atoms with E-state index in [1.807, 2.05) is 0 Å². The molecular weight excluding hydrogens is 124 g/mol. The first-order valence-corrected chi connectivity index (χ1v) is 3.93. The van der Waals surface area contributed by atoms with Gasteiger partial charge in [0, 0.05) is 6.42 Å². The molecule has 1 rings (SSSR count). The maximum absolute atomic E-state index is 10.7. The normalized spacial score (nSPS) is 24.7. The summed E-state index contributed by atoms with van der Waals surface area (Å²) >= 11 is 0. The number of allylic oxidation sites excluding steroid dienone is 2. The third-order valence-corrected chi connectivity index (χ3v) is 1.95. The van der Waals surface area contributed by atoms with Gasteiger partial charge in [0.15, 0.2) is 0 Å². The second kappa shape index (κ2) is 3.55. The lowest BCUT2D eigenvalue weighted by Gasteiger charge is -2.15. The third kappa shape index (κ3) is 2.34. The fourth-order valence-corrected chi connectivity index (χ4v) is 1.45. The summed E-state index contributed by atoms with van der Waals surface area (Å²) in [6.45, 7) is 1.68. The second-order valence-electron chi connectivity index (χ2n) is 3.06. The highest BCUT2D eigenvalue weighted by Crippen LogP contribution is 2.21. The summed E-state index contributed by atoms with van der Waals surface area (Å²) in [5.41, 5.74) is 0. The second-order valence-corrected chi connectivity index (χ2v) is 3.06. The minimum atomic E-state index is 0.334. The molecule has 1 aliphatic carbocycles. The van der Waals surface area contributed by atoms with Crippen LogP contribution in [0.2, 0.25) is 0 Å². The molecule has 1 heteroatoms. The number of hydrogen-bond donors (Lipinski definition) is 0. The first-order valence-electron chi connectivity index (χ1n) is 3.93. The van der Waals surface area contributed by atoms with Gasteiger partial charge < -0.3 is 4.79 Å². The zero-order valence-electron chi connectivity index (χ0n) is 6.47. The van der Waals surface area contributed by atoms with Crippen molar-refractivity contribution in [1.29, 1.82) is 0 Å². The van der Waals surface area contributed by atoms with E-state index in [0.717, 1.165) is 19.3 Å². The Hall–Kier alpha value is -0.590. The molecule has 0 heterocycles. The fourth-order valence-electron chi connectivity index (χ4n) is 1.45. The molecule has 1 nitrogen and oxygen atoms in total. The van der Waals surface area contributed by atoms with Crippen molar-refractivity contribution < 1.29 is 4.79 Å². The number of carbonyl (C=O) groups is 1. The van der Waals surface area contributed by atoms with Crippen molar-refractivity contribution in [3.8, 4) is 0 Å². The van der Waals surface area contributed by atoms with Gasteiger partial charge in [0.1, 0.15) is 5.78 Å². The summed E-state index contributed by atoms with van der Waals surface area (Å²) < 4.78 is 0. The van der Waals surface area contributed by atoms with Gasteiger partial charge in [0.05, 0.1) is 0 Å². The van der Waals surface area contributed by atoms with Crippen LogP contribution >= 0.6 is 0 Å². The van der Waals surface area contributed by atoms with Crippen LogP contribution in [0.3, 0.4) is 0 Å². The maximum Gasteiger partial charge on any atom is 0.130 e. The van der Waals surface area contributed by atoms with Gasteiger partial charge in [-0.25, -0.2) is 0 Å². The molecule has 0 aliphatic heterocycles. The Balaban J connectivity index is 2.28. The summed E-state index contributed by atoms with van der Waals surface area (Å²) in [7, 11) is 0. The molecule has 0 N–H and O–H groups in total. The summed E-state index contributed by atoms with van der Waals surface area (Å²) in [6, 6.07) is 0. The zero-order valence-corrected chi connectivity index (χ0v) is 6.47. The van der Waals surface area contributed by atoms with E-state index < -0.39 is 0 Å². The highest BCUT2D eigenvalue weighted by molar-refractivity contribution is 5.75. The number of Topliss-reactive ketones (excluding diaryl/α,β-unsaturated/α-hetero) is 1. The molecule has 0 amide bonds. The van der Waals surface area contributed by atoms with Crippen molar-refractivity contribution in [2.75, 3.05) is 0 Å². The Morgan fingerprint density at radius 3 is 2.90 bits per heavy atom. The molecule has 0 fully saturated rings. The number of carbonyl (C=O) groups excluding carboxylic acids is 1. The summed E-state index contributed by atoms with van der Waals surface area (Å²) in [4.78, 5) is 10.7. The van der Waals surface area contributed by atoms with Crippen LogP contribution in [0.1, 0.15) is 32.6 Å². The third-order valence-electron chi connectivity index (χ3n) is 1.95. The molecule has 0 spiro atoms. The molecule has 0 aromatic rings. The zero-order chi connectivity index (χ0) is 7.40. The van der Waals surface area contributed by atoms with Gasteiger partial charge in [0.2, 0.25) is 0 Å². The Labute approximate surface area is 62.1 Å². The topological polar surface area (TPSA) is 17.1 Å². The largest absolute Gasteiger partial charge is 0.300 e. The lowest BCUT2D eigenvalue weighted by molar-refractivity contribution is -0.117. The van der Waals surface area contributed by atoms with Gasteiger partial charge in [-0.05, 0) is 32.1 Å². The molecule has 0 aromatic carbocycles. The highest BCUT2D eigenvalue weighted by atomic mass is 16.1. The predicted molar refractivity (Wildman–Crippen MR) is 41.8 cm³/mol. The quantitative estimate of drug-likeness (QED) is 0.535. The molecule has 1 aliphatic rings. The van der Waals surface area contributed by atoms with Crippen molar-refractivity contribution in [3.63, 3.8) is 0 Å². The maximum atomic E-state index is 10.7. The molecule has 1 atom stereocenters. The van der Waals surface area contributed by atoms with Crippen molar-refractivity contribution >= 4 is 5.78 Å². The molecule has 56 valence electrons. The Morgan fingerprint density at radius 1 is 1.60 bits per heavy atom. The van der Waals surface area contributed by atoms with Gasteiger partial charge in [-0.1, -0.05) is 12.2 Å². The number of ketones is 1. The van der Waals surface area contributed by atoms with Crippen molar-refractivity contribution in [2.45, 2.75) is 32.6 Å². The molecule has 0 saturated heterocycles. The summed E-state index contributed by atoms with van der Waals surface area (Å²) in [6.07, 6.45) is 8.66. The molecule has 1 unspecified atom stereocenters. The van der Waals surface area contributed by atoms with Crippen LogP contribution in [0.4, 0.5) is 0 Å². The van der Waals surface area contributed by atoms with Crippen LogP contribution < -0.4 is 0 Å². The van der Waals surface area contributed by atoms with E-state index in [4.69, 9.17) is 0 Å². The highest BCUT2D eigenvalue weighted by Gasteiger charge is 2.10. The first kappa shape index (κ1) is 7.52. The lowest BCUT2D eigenvalue weighted by Crippen LogP contribution is -2.06. The van der Waals surface area contributed by atoms with E-state index in [2.05, 4.69) is 12.2 Å². The van der Waals surface area contributed by atoms with E-state index in [1.165, 1.54) is 6.42 Å². The van der Waals surface area contributed by atoms with Gasteiger partial charge in [0.25, 0.3) is 0 Å². The Kier molecular flexibility index (Phi) is 2.67. The fraction of sp³-hybridized carbons (Fsp3) is 0.667. The molecular formula is C9H14O. The first-order chi connectivity index (χ1) is 4.79. The molecule has 0 radical (unpaired) electrons. The van der Waals surface area contributed by atoms with Crippen LogP contribution in [-0.2, 0) is 4.79 Å². The SMILES string of the molecule is CC(=O)CC1CC=CCC1. The molecule has 10 heavy (non-hydrogen) atoms. The van der Waals surface area contributed by atoms with Crippen LogP contribution in [-0.4, -0.2) is 5.78 Å². The average Bonchev–Trinajstić information content (AvgIpc) is 1.88. The van der Waals surface area contributed by atoms with E-state index in [-0.39, 0.29) is 0 Å². The summed E-state index contributed by atoms with van der Waals surface area (Å²) in [5, 5.41) is 0. The lowest BCUT2D eigenvalue weighted by atomic mass is 9.90. The van der Waals surface area contributed by atoms with Gasteiger partial charge in [-0.3, -0.25) is 0 Å². The summed E-state index contributed by atoms with van der Waals surface area (Å²) in [5.74, 6) is 0.975. The van der Waals surface area contributed by atoms with E-state index in [0.29, 0.717) is 11.7 Å². The predicted octanol–water partition coefficient (Wildman–Crippen LogP) is 2.32. The minimum Gasteiger partial charge on any atom is -0.300 e. The van der Waals surface area contributed by atoms with Gasteiger partial charge >= 0.3 is 0 Å². The molecule has 0 saturated carbocycles. The van der Waals surface area contributed by atoms with E-state index in [9.17, 15) is 4.79 Å². The van der Waals surface area contributed by atoms with Crippen molar-refractivity contribution in [3.05, 3.63) is 12.2 Å². The van der Waals surface area contributed by atoms with Crippen molar-refractivity contribution in [1.82, 2.24) is 0 Å². The molecule has 0 bridgehead atoms. The minimum absolute atomic E-state index is 0.334. The Morgan fingerprint density at radius 2 is 2.40 bits per heavy atom.